The van der Waals surface area contributed by atoms with E-state index in [0.717, 1.165) is 16.0 Å². The molecule has 2 aromatic rings. The maximum Gasteiger partial charge on any atom is 0.181 e. The lowest BCUT2D eigenvalue weighted by atomic mass is 10.1. The van der Waals surface area contributed by atoms with Crippen molar-refractivity contribution in [3.63, 3.8) is 0 Å². The van der Waals surface area contributed by atoms with Crippen molar-refractivity contribution >= 4 is 38.4 Å². The molecule has 0 radical (unpaired) electrons. The van der Waals surface area contributed by atoms with Gasteiger partial charge in [0, 0.05) is 10.6 Å². The molecule has 86 valence electrons. The Hall–Kier alpha value is -0.780. The normalized spacial score (nSPS) is 11.2. The van der Waals surface area contributed by atoms with E-state index in [0.29, 0.717) is 5.13 Å². The van der Waals surface area contributed by atoms with Crippen molar-refractivity contribution in [1.29, 1.82) is 0 Å². The van der Waals surface area contributed by atoms with E-state index < -0.39 is 0 Å². The lowest BCUT2D eigenvalue weighted by Crippen LogP contribution is -1.91. The Morgan fingerprint density at radius 3 is 2.94 bits per heavy atom. The molecule has 0 bridgehead atoms. The van der Waals surface area contributed by atoms with Gasteiger partial charge in [-0.15, -0.1) is 11.8 Å². The van der Waals surface area contributed by atoms with Gasteiger partial charge in [0.15, 0.2) is 5.13 Å². The molecule has 2 rings (SSSR count). The van der Waals surface area contributed by atoms with Gasteiger partial charge in [-0.1, -0.05) is 11.3 Å². The fourth-order valence-electron chi connectivity index (χ4n) is 1.75. The van der Waals surface area contributed by atoms with E-state index in [1.165, 1.54) is 27.4 Å². The summed E-state index contributed by atoms with van der Waals surface area (Å²) in [7, 11) is 0. The second kappa shape index (κ2) is 4.61. The number of aliphatic hydroxyl groups excluding tert-OH is 1. The molecule has 16 heavy (non-hydrogen) atoms. The number of fused-ring (bicyclic) bond motifs is 1. The van der Waals surface area contributed by atoms with Crippen molar-refractivity contribution in [3.8, 4) is 0 Å². The molecule has 1 heterocycles. The Morgan fingerprint density at radius 1 is 1.50 bits per heavy atom. The van der Waals surface area contributed by atoms with Gasteiger partial charge >= 0.3 is 0 Å². The number of nitrogens with two attached hydrogens (primary N) is 1. The van der Waals surface area contributed by atoms with Gasteiger partial charge in [0.25, 0.3) is 0 Å². The smallest absolute Gasteiger partial charge is 0.181 e. The third-order valence-electron chi connectivity index (χ3n) is 2.40. The Bertz CT molecular complexity index is 522. The highest BCUT2D eigenvalue weighted by atomic mass is 32.2. The van der Waals surface area contributed by atoms with E-state index in [2.05, 4.69) is 24.9 Å². The average Bonchev–Trinajstić information content (AvgIpc) is 2.59. The highest BCUT2D eigenvalue weighted by molar-refractivity contribution is 7.99. The zero-order valence-corrected chi connectivity index (χ0v) is 10.9. The maximum atomic E-state index is 8.88. The van der Waals surface area contributed by atoms with Crippen LogP contribution in [-0.2, 0) is 0 Å². The monoisotopic (exact) mass is 254 g/mol. The molecule has 0 spiro atoms. The second-order valence-corrected chi connectivity index (χ2v) is 5.76. The van der Waals surface area contributed by atoms with Gasteiger partial charge in [-0.05, 0) is 31.0 Å². The van der Waals surface area contributed by atoms with Crippen LogP contribution in [-0.4, -0.2) is 22.5 Å². The van der Waals surface area contributed by atoms with Gasteiger partial charge in [-0.2, -0.15) is 0 Å². The average molecular weight is 254 g/mol. The first-order valence-corrected chi connectivity index (χ1v) is 6.83. The van der Waals surface area contributed by atoms with Gasteiger partial charge in [0.1, 0.15) is 0 Å². The number of thioether (sulfide) groups is 1. The van der Waals surface area contributed by atoms with Crippen molar-refractivity contribution in [2.75, 3.05) is 18.1 Å². The zero-order chi connectivity index (χ0) is 11.7. The molecule has 0 fully saturated rings. The van der Waals surface area contributed by atoms with E-state index in [-0.39, 0.29) is 6.61 Å². The van der Waals surface area contributed by atoms with Crippen LogP contribution in [0.5, 0.6) is 0 Å². The quantitative estimate of drug-likeness (QED) is 0.827. The van der Waals surface area contributed by atoms with Gasteiger partial charge in [-0.25, -0.2) is 4.98 Å². The van der Waals surface area contributed by atoms with Gasteiger partial charge in [0.05, 0.1) is 16.8 Å². The molecule has 0 amide bonds. The third-order valence-corrected chi connectivity index (χ3v) is 4.72. The summed E-state index contributed by atoms with van der Waals surface area (Å²) in [5, 5.41) is 9.49. The number of rotatable bonds is 3. The topological polar surface area (TPSA) is 59.1 Å². The molecule has 0 aliphatic carbocycles. The summed E-state index contributed by atoms with van der Waals surface area (Å²) >= 11 is 3.21. The highest BCUT2D eigenvalue weighted by Gasteiger charge is 2.11. The van der Waals surface area contributed by atoms with Crippen molar-refractivity contribution in [2.24, 2.45) is 0 Å². The van der Waals surface area contributed by atoms with E-state index in [9.17, 15) is 0 Å². The molecule has 0 aliphatic heterocycles. The van der Waals surface area contributed by atoms with Gasteiger partial charge < -0.3 is 10.8 Å². The number of nitrogen functional groups attached to an aromatic ring is 1. The van der Waals surface area contributed by atoms with E-state index in [1.807, 2.05) is 0 Å². The molecular formula is C11H14N2OS2. The van der Waals surface area contributed by atoms with Crippen molar-refractivity contribution in [3.05, 3.63) is 17.2 Å². The second-order valence-electron chi connectivity index (χ2n) is 3.62. The molecule has 1 aromatic carbocycles. The number of thiazole rings is 1. The standard InChI is InChI=1S/C11H14N2OS2/c1-6-5-8-10(16-11(12)13-8)7(2)9(6)15-4-3-14/h5,14H,3-4H2,1-2H3,(H2,12,13). The molecule has 5 heteroatoms. The van der Waals surface area contributed by atoms with Crippen LogP contribution in [0.3, 0.4) is 0 Å². The first-order chi connectivity index (χ1) is 7.63. The van der Waals surface area contributed by atoms with Crippen LogP contribution in [0.1, 0.15) is 11.1 Å². The van der Waals surface area contributed by atoms with Crippen LogP contribution in [0.2, 0.25) is 0 Å². The fourth-order valence-corrected chi connectivity index (χ4v) is 3.54. The number of hydrogen-bond acceptors (Lipinski definition) is 5. The van der Waals surface area contributed by atoms with Crippen LogP contribution >= 0.6 is 23.1 Å². The molecule has 0 saturated carbocycles. The van der Waals surface area contributed by atoms with Crippen LogP contribution in [0.4, 0.5) is 5.13 Å². The number of aryl methyl sites for hydroxylation is 2. The minimum Gasteiger partial charge on any atom is -0.396 e. The van der Waals surface area contributed by atoms with E-state index in [4.69, 9.17) is 10.8 Å². The Kier molecular flexibility index (Phi) is 3.37. The van der Waals surface area contributed by atoms with Crippen LogP contribution in [0.25, 0.3) is 10.2 Å². The van der Waals surface area contributed by atoms with Gasteiger partial charge in [-0.3, -0.25) is 0 Å². The van der Waals surface area contributed by atoms with Crippen molar-refractivity contribution < 1.29 is 5.11 Å². The molecule has 0 aliphatic rings. The summed E-state index contributed by atoms with van der Waals surface area (Å²) in [6, 6.07) is 2.06. The van der Waals surface area contributed by atoms with Crippen molar-refractivity contribution in [2.45, 2.75) is 18.7 Å². The Labute approximate surface area is 103 Å². The number of hydrogen-bond donors (Lipinski definition) is 2. The number of nitrogens with zero attached hydrogens (tertiary/aromatic N) is 1. The molecule has 0 unspecified atom stereocenters. The zero-order valence-electron chi connectivity index (χ0n) is 9.28. The molecule has 3 N–H and O–H groups in total. The Morgan fingerprint density at radius 2 is 2.25 bits per heavy atom. The molecular weight excluding hydrogens is 240 g/mol. The number of benzene rings is 1. The third kappa shape index (κ3) is 2.03. The number of aromatic nitrogens is 1. The lowest BCUT2D eigenvalue weighted by molar-refractivity contribution is 0.322. The lowest BCUT2D eigenvalue weighted by Gasteiger charge is -2.08. The highest BCUT2D eigenvalue weighted by Crippen LogP contribution is 2.35. The summed E-state index contributed by atoms with van der Waals surface area (Å²) < 4.78 is 1.16. The summed E-state index contributed by atoms with van der Waals surface area (Å²) in [5.74, 6) is 0.724. The van der Waals surface area contributed by atoms with Gasteiger partial charge in [0.2, 0.25) is 0 Å². The van der Waals surface area contributed by atoms with Crippen LogP contribution in [0.15, 0.2) is 11.0 Å². The Balaban J connectivity index is 2.56. The van der Waals surface area contributed by atoms with E-state index >= 15 is 0 Å². The van der Waals surface area contributed by atoms with E-state index in [1.54, 1.807) is 11.8 Å². The van der Waals surface area contributed by atoms with Crippen LogP contribution < -0.4 is 5.73 Å². The predicted octanol–water partition coefficient (Wildman–Crippen LogP) is 2.58. The summed E-state index contributed by atoms with van der Waals surface area (Å²) in [6.07, 6.45) is 0. The summed E-state index contributed by atoms with van der Waals surface area (Å²) in [4.78, 5) is 5.53. The fraction of sp³-hybridized carbons (Fsp3) is 0.364. The summed E-state index contributed by atoms with van der Waals surface area (Å²) in [6.45, 7) is 4.36. The first kappa shape index (κ1) is 11.7. The SMILES string of the molecule is Cc1cc2nc(N)sc2c(C)c1SCCO. The van der Waals surface area contributed by atoms with Crippen molar-refractivity contribution in [1.82, 2.24) is 4.98 Å². The number of anilines is 1. The number of aliphatic hydroxyl groups is 1. The minimum atomic E-state index is 0.201. The molecule has 3 nitrogen and oxygen atoms in total. The predicted molar refractivity (Wildman–Crippen MR) is 71.3 cm³/mol. The minimum absolute atomic E-state index is 0.201. The molecule has 0 saturated heterocycles. The first-order valence-electron chi connectivity index (χ1n) is 5.03. The summed E-state index contributed by atoms with van der Waals surface area (Å²) in [5.41, 5.74) is 9.13. The maximum absolute atomic E-state index is 8.88. The molecule has 0 atom stereocenters. The van der Waals surface area contributed by atoms with Crippen LogP contribution in [0, 0.1) is 13.8 Å². The largest absolute Gasteiger partial charge is 0.396 e. The molecule has 1 aromatic heterocycles.